The Hall–Kier alpha value is -3.87. The minimum absolute atomic E-state index is 0.0162. The zero-order valence-electron chi connectivity index (χ0n) is 17.7. The van der Waals surface area contributed by atoms with Crippen molar-refractivity contribution in [1.82, 2.24) is 0 Å². The minimum Gasteiger partial charge on any atom is -0.508 e. The number of anilines is 1. The first-order valence-electron chi connectivity index (χ1n) is 9.68. The van der Waals surface area contributed by atoms with Gasteiger partial charge in [0.15, 0.2) is 0 Å². The highest BCUT2D eigenvalue weighted by Crippen LogP contribution is 2.27. The second kappa shape index (κ2) is 8.87. The Morgan fingerprint density at radius 2 is 1.87 bits per heavy atom. The van der Waals surface area contributed by atoms with Gasteiger partial charge >= 0.3 is 11.6 Å². The van der Waals surface area contributed by atoms with Gasteiger partial charge in [-0.15, -0.1) is 0 Å². The third kappa shape index (κ3) is 5.01. The number of amides is 1. The molecule has 0 saturated carbocycles. The van der Waals surface area contributed by atoms with Crippen molar-refractivity contribution in [2.45, 2.75) is 34.1 Å². The van der Waals surface area contributed by atoms with Crippen LogP contribution in [0.25, 0.3) is 11.0 Å². The Morgan fingerprint density at radius 3 is 2.55 bits per heavy atom. The van der Waals surface area contributed by atoms with E-state index < -0.39 is 17.5 Å². The lowest BCUT2D eigenvalue weighted by atomic mass is 10.0. The molecule has 0 radical (unpaired) electrons. The van der Waals surface area contributed by atoms with E-state index in [-0.39, 0.29) is 17.0 Å². The summed E-state index contributed by atoms with van der Waals surface area (Å²) in [4.78, 5) is 36.5. The van der Waals surface area contributed by atoms with Gasteiger partial charge in [-0.1, -0.05) is 11.6 Å². The van der Waals surface area contributed by atoms with Crippen LogP contribution < -0.4 is 15.7 Å². The first-order chi connectivity index (χ1) is 14.7. The maximum Gasteiger partial charge on any atom is 0.360 e. The van der Waals surface area contributed by atoms with Crippen LogP contribution >= 0.6 is 0 Å². The molecule has 3 rings (SSSR count). The van der Waals surface area contributed by atoms with Crippen LogP contribution in [0.2, 0.25) is 0 Å². The van der Waals surface area contributed by atoms with Crippen LogP contribution in [-0.4, -0.2) is 17.0 Å². The summed E-state index contributed by atoms with van der Waals surface area (Å²) in [5.74, 6) is -0.563. The number of phenols is 1. The fraction of sp³-hybridized carbons (Fsp3) is 0.208. The van der Waals surface area contributed by atoms with Crippen molar-refractivity contribution in [3.05, 3.63) is 75.2 Å². The van der Waals surface area contributed by atoms with Gasteiger partial charge in [0.2, 0.25) is 0 Å². The molecule has 2 aromatic carbocycles. The maximum atomic E-state index is 12.8. The number of rotatable bonds is 5. The molecule has 0 aliphatic carbocycles. The van der Waals surface area contributed by atoms with Crippen molar-refractivity contribution in [2.24, 2.45) is 0 Å². The lowest BCUT2D eigenvalue weighted by Crippen LogP contribution is -2.18. The highest BCUT2D eigenvalue weighted by atomic mass is 16.5. The van der Waals surface area contributed by atoms with Gasteiger partial charge in [0.05, 0.1) is 0 Å². The second-order valence-electron chi connectivity index (χ2n) is 7.43. The largest absolute Gasteiger partial charge is 0.508 e. The number of carbonyl (C=O) groups excluding carboxylic acids is 2. The highest BCUT2D eigenvalue weighted by molar-refractivity contribution is 6.05. The summed E-state index contributed by atoms with van der Waals surface area (Å²) in [6.45, 7) is 6.84. The molecule has 31 heavy (non-hydrogen) atoms. The van der Waals surface area contributed by atoms with Gasteiger partial charge in [-0.2, -0.15) is 0 Å². The molecule has 0 aliphatic rings. The lowest BCUT2D eigenvalue weighted by Gasteiger charge is -2.11. The molecule has 7 heteroatoms. The molecule has 0 atom stereocenters. The first-order valence-corrected chi connectivity index (χ1v) is 9.68. The van der Waals surface area contributed by atoms with Crippen LogP contribution in [0.1, 0.15) is 42.3 Å². The summed E-state index contributed by atoms with van der Waals surface area (Å²) < 4.78 is 10.5. The van der Waals surface area contributed by atoms with Gasteiger partial charge in [-0.05, 0) is 69.2 Å². The molecule has 2 N–H and O–H groups in total. The zero-order valence-corrected chi connectivity index (χ0v) is 17.7. The molecule has 0 spiro atoms. The number of hydrogen-bond acceptors (Lipinski definition) is 6. The maximum absolute atomic E-state index is 12.8. The number of phenolic OH excluding ortho intramolecular Hbond substituents is 1. The molecular formula is C24H23NO6. The van der Waals surface area contributed by atoms with Gasteiger partial charge in [-0.25, -0.2) is 4.79 Å². The Bertz CT molecular complexity index is 1270. The molecule has 1 aromatic heterocycles. The van der Waals surface area contributed by atoms with Crippen LogP contribution in [0, 0.1) is 6.92 Å². The Balaban J connectivity index is 1.94. The Kier molecular flexibility index (Phi) is 6.25. The molecule has 0 fully saturated rings. The van der Waals surface area contributed by atoms with Crippen LogP contribution in [0.3, 0.4) is 0 Å². The summed E-state index contributed by atoms with van der Waals surface area (Å²) in [6.07, 6.45) is 2.44. The minimum atomic E-state index is -0.726. The van der Waals surface area contributed by atoms with Crippen LogP contribution in [0.15, 0.2) is 57.3 Å². The number of nitrogens with one attached hydrogen (secondary N) is 1. The molecule has 1 heterocycles. The number of aryl methyl sites for hydroxylation is 1. The summed E-state index contributed by atoms with van der Waals surface area (Å²) in [7, 11) is 0. The van der Waals surface area contributed by atoms with Crippen molar-refractivity contribution in [3.8, 4) is 11.5 Å². The van der Waals surface area contributed by atoms with Crippen LogP contribution in [0.4, 0.5) is 5.69 Å². The van der Waals surface area contributed by atoms with E-state index in [1.54, 1.807) is 25.1 Å². The predicted molar refractivity (Wildman–Crippen MR) is 118 cm³/mol. The fourth-order valence-electron chi connectivity index (χ4n) is 3.04. The molecule has 0 aliphatic heterocycles. The van der Waals surface area contributed by atoms with E-state index in [4.69, 9.17) is 9.15 Å². The third-order valence-corrected chi connectivity index (χ3v) is 4.68. The van der Waals surface area contributed by atoms with Gasteiger partial charge in [0.25, 0.3) is 5.91 Å². The standard InChI is InChI=1S/C24H23NO6/c1-13(2)5-6-16-11-18(8-10-21(16)30-15(4)26)23(28)25-19-12-17-7-9-20(27)14(3)22(17)31-24(19)29/h5,7-12,27H,6H2,1-4H3,(H,25,28). The number of aromatic hydroxyl groups is 1. The summed E-state index contributed by atoms with van der Waals surface area (Å²) in [6, 6.07) is 9.29. The van der Waals surface area contributed by atoms with Gasteiger partial charge in [0.1, 0.15) is 22.8 Å². The van der Waals surface area contributed by atoms with E-state index in [2.05, 4.69) is 5.32 Å². The van der Waals surface area contributed by atoms with Crippen LogP contribution in [-0.2, 0) is 11.2 Å². The molecule has 0 bridgehead atoms. The number of carbonyl (C=O) groups is 2. The fourth-order valence-corrected chi connectivity index (χ4v) is 3.04. The van der Waals surface area contributed by atoms with Crippen molar-refractivity contribution < 1.29 is 23.8 Å². The molecule has 3 aromatic rings. The van der Waals surface area contributed by atoms with E-state index in [0.29, 0.717) is 34.2 Å². The van der Waals surface area contributed by atoms with Gasteiger partial charge < -0.3 is 19.6 Å². The third-order valence-electron chi connectivity index (χ3n) is 4.68. The second-order valence-corrected chi connectivity index (χ2v) is 7.43. The van der Waals surface area contributed by atoms with Gasteiger partial charge in [0, 0.05) is 23.4 Å². The summed E-state index contributed by atoms with van der Waals surface area (Å²) in [5.41, 5.74) is 2.01. The Labute approximate surface area is 179 Å². The summed E-state index contributed by atoms with van der Waals surface area (Å²) in [5, 5.41) is 12.9. The van der Waals surface area contributed by atoms with E-state index in [9.17, 15) is 19.5 Å². The molecule has 7 nitrogen and oxygen atoms in total. The van der Waals surface area contributed by atoms with E-state index >= 15 is 0 Å². The quantitative estimate of drug-likeness (QED) is 0.272. The average molecular weight is 421 g/mol. The zero-order chi connectivity index (χ0) is 22.7. The lowest BCUT2D eigenvalue weighted by molar-refractivity contribution is -0.131. The Morgan fingerprint density at radius 1 is 1.13 bits per heavy atom. The molecule has 0 saturated heterocycles. The number of ether oxygens (including phenoxy) is 1. The molecular weight excluding hydrogens is 398 g/mol. The van der Waals surface area contributed by atoms with Crippen molar-refractivity contribution in [3.63, 3.8) is 0 Å². The number of allylic oxidation sites excluding steroid dienone is 2. The highest BCUT2D eigenvalue weighted by Gasteiger charge is 2.15. The predicted octanol–water partition coefficient (Wildman–Crippen LogP) is 4.49. The molecule has 160 valence electrons. The van der Waals surface area contributed by atoms with Crippen LogP contribution in [0.5, 0.6) is 11.5 Å². The smallest absolute Gasteiger partial charge is 0.360 e. The summed E-state index contributed by atoms with van der Waals surface area (Å²) >= 11 is 0. The average Bonchev–Trinajstić information content (AvgIpc) is 2.70. The number of fused-ring (bicyclic) bond motifs is 1. The monoisotopic (exact) mass is 421 g/mol. The number of hydrogen-bond donors (Lipinski definition) is 2. The van der Waals surface area contributed by atoms with Gasteiger partial charge in [-0.3, -0.25) is 9.59 Å². The first kappa shape index (κ1) is 21.8. The topological polar surface area (TPSA) is 106 Å². The van der Waals surface area contributed by atoms with E-state index in [0.717, 1.165) is 5.57 Å². The van der Waals surface area contributed by atoms with E-state index in [1.165, 1.54) is 25.1 Å². The van der Waals surface area contributed by atoms with E-state index in [1.807, 2.05) is 19.9 Å². The van der Waals surface area contributed by atoms with Crippen molar-refractivity contribution in [1.29, 1.82) is 0 Å². The SMILES string of the molecule is CC(=O)Oc1ccc(C(=O)Nc2cc3ccc(O)c(C)c3oc2=O)cc1CC=C(C)C. The van der Waals surface area contributed by atoms with Crippen molar-refractivity contribution in [2.75, 3.05) is 5.32 Å². The molecule has 1 amide bonds. The molecule has 0 unspecified atom stereocenters. The normalized spacial score (nSPS) is 10.6. The van der Waals surface area contributed by atoms with Crippen molar-refractivity contribution >= 4 is 28.5 Å². The number of esters is 1. The number of benzene rings is 2.